The summed E-state index contributed by atoms with van der Waals surface area (Å²) in [6.45, 7) is 2.63. The molecule has 0 saturated carbocycles. The zero-order valence-electron chi connectivity index (χ0n) is 11.9. The van der Waals surface area contributed by atoms with Gasteiger partial charge in [-0.3, -0.25) is 0 Å². The van der Waals surface area contributed by atoms with E-state index in [1.54, 1.807) is 12.1 Å². The lowest BCUT2D eigenvalue weighted by atomic mass is 10.0. The van der Waals surface area contributed by atoms with E-state index in [-0.39, 0.29) is 5.75 Å². The molecule has 2 nitrogen and oxygen atoms in total. The summed E-state index contributed by atoms with van der Waals surface area (Å²) >= 11 is 0. The highest BCUT2D eigenvalue weighted by Crippen LogP contribution is 2.36. The van der Waals surface area contributed by atoms with Crippen LogP contribution in [0.25, 0.3) is 6.08 Å². The molecule has 1 aliphatic rings. The van der Waals surface area contributed by atoms with Gasteiger partial charge in [0.1, 0.15) is 5.75 Å². The molecule has 1 aliphatic heterocycles. The van der Waals surface area contributed by atoms with Crippen molar-refractivity contribution in [2.24, 2.45) is 0 Å². The highest BCUT2D eigenvalue weighted by Gasteiger charge is 2.31. The average molecular weight is 305 g/mol. The third-order valence-electron chi connectivity index (χ3n) is 3.40. The number of para-hydroxylation sites is 1. The molecule has 5 heteroatoms. The second-order valence-corrected chi connectivity index (χ2v) is 5.18. The normalized spacial score (nSPS) is 14.4. The van der Waals surface area contributed by atoms with Gasteiger partial charge in [0.25, 0.3) is 0 Å². The van der Waals surface area contributed by atoms with Gasteiger partial charge in [-0.1, -0.05) is 35.9 Å². The summed E-state index contributed by atoms with van der Waals surface area (Å²) in [6, 6.07) is 13.8. The molecular weight excluding hydrogens is 291 g/mol. The standard InChI is InChI=1S/C17H14F3NO/c1-12-9-13-5-2-3-8-16(13)21(11-12)14-6-4-7-15(10-14)22-17(18,19)20/h2-10H,11H2,1H3. The Morgan fingerprint density at radius 1 is 1.05 bits per heavy atom. The third kappa shape index (κ3) is 3.08. The Morgan fingerprint density at radius 2 is 1.82 bits per heavy atom. The fourth-order valence-corrected chi connectivity index (χ4v) is 2.58. The quantitative estimate of drug-likeness (QED) is 0.761. The molecule has 0 bridgehead atoms. The van der Waals surface area contributed by atoms with Gasteiger partial charge in [-0.05, 0) is 30.7 Å². The largest absolute Gasteiger partial charge is 0.573 e. The predicted molar refractivity (Wildman–Crippen MR) is 80.2 cm³/mol. The van der Waals surface area contributed by atoms with E-state index in [0.717, 1.165) is 16.8 Å². The van der Waals surface area contributed by atoms with Crippen LogP contribution in [0.5, 0.6) is 5.75 Å². The molecule has 3 rings (SSSR count). The molecule has 0 amide bonds. The lowest BCUT2D eigenvalue weighted by Crippen LogP contribution is -2.23. The van der Waals surface area contributed by atoms with Gasteiger partial charge in [-0.25, -0.2) is 0 Å². The van der Waals surface area contributed by atoms with E-state index >= 15 is 0 Å². The monoisotopic (exact) mass is 305 g/mol. The SMILES string of the molecule is CC1=Cc2ccccc2N(c2cccc(OC(F)(F)F)c2)C1. The molecule has 0 atom stereocenters. The number of benzene rings is 2. The molecule has 2 aromatic carbocycles. The molecule has 0 fully saturated rings. The minimum atomic E-state index is -4.69. The Hall–Kier alpha value is -2.43. The molecule has 22 heavy (non-hydrogen) atoms. The van der Waals surface area contributed by atoms with Crippen molar-refractivity contribution in [3.05, 3.63) is 59.7 Å². The molecule has 0 N–H and O–H groups in total. The summed E-state index contributed by atoms with van der Waals surface area (Å²) < 4.78 is 41.1. The first-order valence-corrected chi connectivity index (χ1v) is 6.82. The Kier molecular flexibility index (Phi) is 3.56. The lowest BCUT2D eigenvalue weighted by molar-refractivity contribution is -0.274. The summed E-state index contributed by atoms with van der Waals surface area (Å²) in [5.74, 6) is -0.213. The number of hydrogen-bond acceptors (Lipinski definition) is 2. The van der Waals surface area contributed by atoms with Gasteiger partial charge in [0, 0.05) is 24.0 Å². The highest BCUT2D eigenvalue weighted by atomic mass is 19.4. The molecule has 1 heterocycles. The number of ether oxygens (including phenoxy) is 1. The van der Waals surface area contributed by atoms with Crippen LogP contribution in [0.1, 0.15) is 12.5 Å². The molecule has 0 aliphatic carbocycles. The van der Waals surface area contributed by atoms with Crippen LogP contribution in [0.2, 0.25) is 0 Å². The molecule has 2 aromatic rings. The summed E-state index contributed by atoms with van der Waals surface area (Å²) in [5.41, 5.74) is 3.83. The zero-order valence-corrected chi connectivity index (χ0v) is 11.9. The van der Waals surface area contributed by atoms with Crippen molar-refractivity contribution in [3.63, 3.8) is 0 Å². The van der Waals surface area contributed by atoms with Crippen molar-refractivity contribution in [2.75, 3.05) is 11.4 Å². The average Bonchev–Trinajstić information content (AvgIpc) is 2.45. The van der Waals surface area contributed by atoms with Crippen LogP contribution in [0.3, 0.4) is 0 Å². The number of alkyl halides is 3. The Bertz CT molecular complexity index is 722. The first-order valence-electron chi connectivity index (χ1n) is 6.82. The molecular formula is C17H14F3NO. The van der Waals surface area contributed by atoms with Crippen molar-refractivity contribution in [3.8, 4) is 5.75 Å². The topological polar surface area (TPSA) is 12.5 Å². The molecule has 0 unspecified atom stereocenters. The second kappa shape index (κ2) is 5.40. The van der Waals surface area contributed by atoms with Gasteiger partial charge in [0.15, 0.2) is 0 Å². The maximum atomic E-state index is 12.4. The van der Waals surface area contributed by atoms with Gasteiger partial charge in [-0.2, -0.15) is 0 Å². The summed E-state index contributed by atoms with van der Waals surface area (Å²) in [6.07, 6.45) is -2.60. The Morgan fingerprint density at radius 3 is 2.59 bits per heavy atom. The van der Waals surface area contributed by atoms with Crippen LogP contribution in [-0.2, 0) is 0 Å². The number of anilines is 2. The molecule has 0 aromatic heterocycles. The van der Waals surface area contributed by atoms with Crippen LogP contribution in [-0.4, -0.2) is 12.9 Å². The van der Waals surface area contributed by atoms with E-state index < -0.39 is 6.36 Å². The molecule has 0 radical (unpaired) electrons. The van der Waals surface area contributed by atoms with Gasteiger partial charge >= 0.3 is 6.36 Å². The van der Waals surface area contributed by atoms with E-state index in [0.29, 0.717) is 12.2 Å². The molecule has 0 spiro atoms. The van der Waals surface area contributed by atoms with Crippen LogP contribution >= 0.6 is 0 Å². The minimum Gasteiger partial charge on any atom is -0.406 e. The maximum absolute atomic E-state index is 12.4. The van der Waals surface area contributed by atoms with E-state index in [2.05, 4.69) is 10.8 Å². The predicted octanol–water partition coefficient (Wildman–Crippen LogP) is 5.14. The van der Waals surface area contributed by atoms with Crippen molar-refractivity contribution in [1.82, 2.24) is 0 Å². The number of fused-ring (bicyclic) bond motifs is 1. The maximum Gasteiger partial charge on any atom is 0.573 e. The van der Waals surface area contributed by atoms with Gasteiger partial charge in [-0.15, -0.1) is 13.2 Å². The molecule has 0 saturated heterocycles. The second-order valence-electron chi connectivity index (χ2n) is 5.18. The number of halogens is 3. The van der Waals surface area contributed by atoms with Crippen LogP contribution in [0.15, 0.2) is 54.1 Å². The summed E-state index contributed by atoms with van der Waals surface area (Å²) in [7, 11) is 0. The number of hydrogen-bond donors (Lipinski definition) is 0. The van der Waals surface area contributed by atoms with Crippen LogP contribution < -0.4 is 9.64 Å². The third-order valence-corrected chi connectivity index (χ3v) is 3.40. The first kappa shape index (κ1) is 14.5. The first-order chi connectivity index (χ1) is 10.4. The molecule has 114 valence electrons. The van der Waals surface area contributed by atoms with Gasteiger partial charge in [0.05, 0.1) is 0 Å². The summed E-state index contributed by atoms with van der Waals surface area (Å²) in [5, 5.41) is 0. The highest BCUT2D eigenvalue weighted by molar-refractivity contribution is 5.79. The van der Waals surface area contributed by atoms with Crippen molar-refractivity contribution < 1.29 is 17.9 Å². The van der Waals surface area contributed by atoms with Crippen molar-refractivity contribution in [1.29, 1.82) is 0 Å². The Labute approximate surface area is 126 Å². The number of rotatable bonds is 2. The fraction of sp³-hybridized carbons (Fsp3) is 0.176. The summed E-state index contributed by atoms with van der Waals surface area (Å²) in [4.78, 5) is 1.98. The van der Waals surface area contributed by atoms with E-state index in [1.807, 2.05) is 36.1 Å². The van der Waals surface area contributed by atoms with Crippen LogP contribution in [0.4, 0.5) is 24.5 Å². The van der Waals surface area contributed by atoms with E-state index in [9.17, 15) is 13.2 Å². The van der Waals surface area contributed by atoms with E-state index in [1.165, 1.54) is 12.1 Å². The smallest absolute Gasteiger partial charge is 0.406 e. The van der Waals surface area contributed by atoms with Crippen molar-refractivity contribution >= 4 is 17.5 Å². The number of nitrogens with zero attached hydrogens (tertiary/aromatic N) is 1. The van der Waals surface area contributed by atoms with Crippen molar-refractivity contribution in [2.45, 2.75) is 13.3 Å². The minimum absolute atomic E-state index is 0.213. The van der Waals surface area contributed by atoms with E-state index in [4.69, 9.17) is 0 Å². The fourth-order valence-electron chi connectivity index (χ4n) is 2.58. The van der Waals surface area contributed by atoms with Gasteiger partial charge < -0.3 is 9.64 Å². The van der Waals surface area contributed by atoms with Crippen LogP contribution in [0, 0.1) is 0 Å². The van der Waals surface area contributed by atoms with Gasteiger partial charge in [0.2, 0.25) is 0 Å². The Balaban J connectivity index is 1.98. The zero-order chi connectivity index (χ0) is 15.7. The lowest BCUT2D eigenvalue weighted by Gasteiger charge is -2.30.